The van der Waals surface area contributed by atoms with E-state index >= 15 is 0 Å². The van der Waals surface area contributed by atoms with E-state index in [1.807, 2.05) is 31.2 Å². The van der Waals surface area contributed by atoms with Crippen LogP contribution in [0.3, 0.4) is 0 Å². The van der Waals surface area contributed by atoms with Crippen molar-refractivity contribution in [1.82, 2.24) is 0 Å². The molecule has 0 aromatic heterocycles. The number of ether oxygens (including phenoxy) is 3. The van der Waals surface area contributed by atoms with E-state index in [1.165, 1.54) is 0 Å². The van der Waals surface area contributed by atoms with Crippen molar-refractivity contribution in [1.29, 1.82) is 0 Å². The predicted molar refractivity (Wildman–Crippen MR) is 72.4 cm³/mol. The van der Waals surface area contributed by atoms with Crippen molar-refractivity contribution in [2.45, 2.75) is 31.5 Å². The zero-order valence-corrected chi connectivity index (χ0v) is 11.6. The molecular weight excluding hydrogens is 244 g/mol. The van der Waals surface area contributed by atoms with E-state index in [-0.39, 0.29) is 0 Å². The van der Waals surface area contributed by atoms with Crippen LogP contribution < -0.4 is 4.74 Å². The number of hydrogen-bond donors (Lipinski definition) is 1. The van der Waals surface area contributed by atoms with Gasteiger partial charge in [-0.1, -0.05) is 18.2 Å². The molecule has 4 heteroatoms. The first-order valence-corrected chi connectivity index (χ1v) is 6.70. The predicted octanol–water partition coefficient (Wildman–Crippen LogP) is 2.31. The minimum absolute atomic E-state index is 0.470. The highest BCUT2D eigenvalue weighted by Crippen LogP contribution is 2.40. The highest BCUT2D eigenvalue weighted by Gasteiger charge is 2.39. The van der Waals surface area contributed by atoms with Gasteiger partial charge in [0.15, 0.2) is 0 Å². The van der Waals surface area contributed by atoms with E-state index < -0.39 is 11.7 Å². The maximum absolute atomic E-state index is 10.6. The van der Waals surface area contributed by atoms with Gasteiger partial charge in [0.05, 0.1) is 12.2 Å². The van der Waals surface area contributed by atoms with Crippen LogP contribution in [0.4, 0.5) is 0 Å². The van der Waals surface area contributed by atoms with Crippen LogP contribution in [0.25, 0.3) is 0 Å². The summed E-state index contributed by atoms with van der Waals surface area (Å²) >= 11 is 0. The summed E-state index contributed by atoms with van der Waals surface area (Å²) in [6.07, 6.45) is 1.18. The molecule has 0 bridgehead atoms. The largest absolute Gasteiger partial charge is 0.491 e. The second-order valence-corrected chi connectivity index (χ2v) is 5.05. The van der Waals surface area contributed by atoms with Crippen LogP contribution in [0.2, 0.25) is 0 Å². The number of methoxy groups -OCH3 is 1. The molecule has 0 radical (unpaired) electrons. The van der Waals surface area contributed by atoms with E-state index in [0.717, 1.165) is 18.4 Å². The molecular formula is C15H22O4. The van der Waals surface area contributed by atoms with Crippen molar-refractivity contribution in [2.24, 2.45) is 0 Å². The molecule has 1 aromatic rings. The topological polar surface area (TPSA) is 47.9 Å². The molecule has 1 aromatic carbocycles. The van der Waals surface area contributed by atoms with E-state index in [9.17, 15) is 5.11 Å². The highest BCUT2D eigenvalue weighted by molar-refractivity contribution is 5.36. The molecule has 0 amide bonds. The summed E-state index contributed by atoms with van der Waals surface area (Å²) < 4.78 is 16.3. The molecule has 1 fully saturated rings. The fourth-order valence-corrected chi connectivity index (χ4v) is 2.42. The summed E-state index contributed by atoms with van der Waals surface area (Å²) in [6, 6.07) is 7.56. The quantitative estimate of drug-likeness (QED) is 0.803. The lowest BCUT2D eigenvalue weighted by Gasteiger charge is -2.30. The van der Waals surface area contributed by atoms with E-state index in [2.05, 4.69) is 0 Å². The summed E-state index contributed by atoms with van der Waals surface area (Å²) in [6.45, 7) is 3.66. The molecule has 0 aliphatic carbocycles. The van der Waals surface area contributed by atoms with Gasteiger partial charge in [-0.3, -0.25) is 0 Å². The summed E-state index contributed by atoms with van der Waals surface area (Å²) in [7, 11) is 1.64. The third kappa shape index (κ3) is 3.26. The number of aliphatic hydroxyl groups is 1. The van der Waals surface area contributed by atoms with Crippen molar-refractivity contribution in [3.05, 3.63) is 29.8 Å². The van der Waals surface area contributed by atoms with Gasteiger partial charge < -0.3 is 19.3 Å². The van der Waals surface area contributed by atoms with Gasteiger partial charge in [-0.15, -0.1) is 0 Å². The molecule has 4 nitrogen and oxygen atoms in total. The Morgan fingerprint density at radius 1 is 1.37 bits per heavy atom. The lowest BCUT2D eigenvalue weighted by atomic mass is 9.90. The molecule has 19 heavy (non-hydrogen) atoms. The van der Waals surface area contributed by atoms with Crippen LogP contribution in [0.5, 0.6) is 5.75 Å². The maximum atomic E-state index is 10.6. The van der Waals surface area contributed by atoms with Gasteiger partial charge in [-0.25, -0.2) is 0 Å². The van der Waals surface area contributed by atoms with Crippen molar-refractivity contribution >= 4 is 0 Å². The van der Waals surface area contributed by atoms with Crippen LogP contribution in [0.1, 0.15) is 31.4 Å². The normalized spacial score (nSPS) is 24.4. The van der Waals surface area contributed by atoms with E-state index in [1.54, 1.807) is 7.11 Å². The van der Waals surface area contributed by atoms with Gasteiger partial charge in [-0.2, -0.15) is 0 Å². The molecule has 1 N–H and O–H groups in total. The Kier molecular flexibility index (Phi) is 4.80. The molecule has 0 spiro atoms. The molecule has 1 saturated heterocycles. The third-order valence-electron chi connectivity index (χ3n) is 3.59. The number of rotatable bonds is 6. The van der Waals surface area contributed by atoms with Gasteiger partial charge >= 0.3 is 0 Å². The smallest absolute Gasteiger partial charge is 0.125 e. The molecule has 106 valence electrons. The summed E-state index contributed by atoms with van der Waals surface area (Å²) in [4.78, 5) is 0. The van der Waals surface area contributed by atoms with Crippen molar-refractivity contribution in [3.8, 4) is 5.75 Å². The summed E-state index contributed by atoms with van der Waals surface area (Å²) in [5.41, 5.74) is 0.267. The van der Waals surface area contributed by atoms with Crippen LogP contribution >= 0.6 is 0 Å². The van der Waals surface area contributed by atoms with Crippen molar-refractivity contribution < 1.29 is 19.3 Å². The fraction of sp³-hybridized carbons (Fsp3) is 0.600. The Morgan fingerprint density at radius 2 is 2.16 bits per heavy atom. The molecule has 1 aliphatic rings. The van der Waals surface area contributed by atoms with Gasteiger partial charge in [0.2, 0.25) is 0 Å². The maximum Gasteiger partial charge on any atom is 0.125 e. The Hall–Kier alpha value is -1.10. The molecule has 1 heterocycles. The lowest BCUT2D eigenvalue weighted by Crippen LogP contribution is -2.32. The van der Waals surface area contributed by atoms with Gasteiger partial charge in [-0.05, 0) is 25.8 Å². The monoisotopic (exact) mass is 266 g/mol. The average molecular weight is 266 g/mol. The number of para-hydroxylation sites is 1. The van der Waals surface area contributed by atoms with Crippen LogP contribution in [0, 0.1) is 0 Å². The van der Waals surface area contributed by atoms with Crippen molar-refractivity contribution in [2.75, 3.05) is 26.9 Å². The average Bonchev–Trinajstić information content (AvgIpc) is 2.87. The number of benzene rings is 1. The Bertz CT molecular complexity index is 399. The third-order valence-corrected chi connectivity index (χ3v) is 3.59. The van der Waals surface area contributed by atoms with E-state index in [0.29, 0.717) is 25.6 Å². The Balaban J connectivity index is 2.14. The minimum Gasteiger partial charge on any atom is -0.491 e. The Morgan fingerprint density at radius 3 is 2.84 bits per heavy atom. The number of hydrogen-bond acceptors (Lipinski definition) is 4. The highest BCUT2D eigenvalue weighted by atomic mass is 16.5. The van der Waals surface area contributed by atoms with Gasteiger partial charge in [0.1, 0.15) is 18.5 Å². The first-order valence-electron chi connectivity index (χ1n) is 6.70. The second kappa shape index (κ2) is 6.37. The van der Waals surface area contributed by atoms with Crippen LogP contribution in [-0.4, -0.2) is 37.6 Å². The molecule has 2 rings (SSSR count). The molecule has 2 unspecified atom stereocenters. The minimum atomic E-state index is -0.672. The number of aliphatic hydroxyl groups excluding tert-OH is 1. The van der Waals surface area contributed by atoms with Crippen LogP contribution in [-0.2, 0) is 9.47 Å². The standard InChI is InChI=1S/C15H22O4/c1-15(8-5-9-19-15)14(16)12-6-3-4-7-13(12)18-11-10-17-2/h3-4,6-7,14,16H,5,8-11H2,1-2H3. The molecule has 2 atom stereocenters. The SMILES string of the molecule is COCCOc1ccccc1C(O)C1(C)CCCO1. The Labute approximate surface area is 114 Å². The fourth-order valence-electron chi connectivity index (χ4n) is 2.42. The molecule has 1 aliphatic heterocycles. The lowest BCUT2D eigenvalue weighted by molar-refractivity contribution is -0.0805. The van der Waals surface area contributed by atoms with Gasteiger partial charge in [0.25, 0.3) is 0 Å². The molecule has 0 saturated carbocycles. The van der Waals surface area contributed by atoms with Crippen LogP contribution in [0.15, 0.2) is 24.3 Å². The zero-order valence-electron chi connectivity index (χ0n) is 11.6. The van der Waals surface area contributed by atoms with Gasteiger partial charge in [0, 0.05) is 19.3 Å². The van der Waals surface area contributed by atoms with Crippen molar-refractivity contribution in [3.63, 3.8) is 0 Å². The summed E-state index contributed by atoms with van der Waals surface area (Å²) in [5, 5.41) is 10.6. The first kappa shape index (κ1) is 14.3. The first-order chi connectivity index (χ1) is 9.17. The summed E-state index contributed by atoms with van der Waals surface area (Å²) in [5.74, 6) is 0.698. The second-order valence-electron chi connectivity index (χ2n) is 5.05. The zero-order chi connectivity index (χ0) is 13.7. The van der Waals surface area contributed by atoms with E-state index in [4.69, 9.17) is 14.2 Å².